The third-order valence-electron chi connectivity index (χ3n) is 5.25. The van der Waals surface area contributed by atoms with Crippen LogP contribution in [0.5, 0.6) is 0 Å². The zero-order valence-corrected chi connectivity index (χ0v) is 18.2. The predicted octanol–water partition coefficient (Wildman–Crippen LogP) is 0.321. The topological polar surface area (TPSA) is 105 Å². The molecular weight excluding hydrogens is 410 g/mol. The monoisotopic (exact) mass is 439 g/mol. The van der Waals surface area contributed by atoms with Crippen molar-refractivity contribution < 1.29 is 27.5 Å². The van der Waals surface area contributed by atoms with Gasteiger partial charge in [-0.15, -0.1) is 0 Å². The van der Waals surface area contributed by atoms with E-state index < -0.39 is 22.0 Å². The molecule has 1 aromatic rings. The van der Waals surface area contributed by atoms with Crippen LogP contribution in [0.4, 0.5) is 0 Å². The maximum Gasteiger partial charge on any atom is 0.251 e. The van der Waals surface area contributed by atoms with Crippen LogP contribution in [0.2, 0.25) is 0 Å². The Morgan fingerprint density at radius 1 is 1.00 bits per heavy atom. The number of carbonyl (C=O) groups excluding carboxylic acids is 2. The molecule has 3 rings (SSSR count). The third-order valence-corrected chi connectivity index (χ3v) is 7.14. The molecule has 2 amide bonds. The van der Waals surface area contributed by atoms with E-state index in [0.29, 0.717) is 39.5 Å². The average molecular weight is 440 g/mol. The van der Waals surface area contributed by atoms with Crippen LogP contribution in [0.1, 0.15) is 24.2 Å². The Bertz CT molecular complexity index is 861. The Kier molecular flexibility index (Phi) is 7.45. The van der Waals surface area contributed by atoms with E-state index in [1.165, 1.54) is 22.5 Å². The fourth-order valence-corrected chi connectivity index (χ4v) is 4.91. The minimum atomic E-state index is -3.71. The first-order chi connectivity index (χ1) is 14.3. The molecule has 1 atom stereocenters. The van der Waals surface area contributed by atoms with Crippen LogP contribution in [-0.2, 0) is 24.3 Å². The van der Waals surface area contributed by atoms with Gasteiger partial charge in [-0.05, 0) is 24.1 Å². The minimum absolute atomic E-state index is 0.0534. The number of hydrogen-bond donors (Lipinski definition) is 1. The lowest BCUT2D eigenvalue weighted by Crippen LogP contribution is -2.53. The third kappa shape index (κ3) is 5.18. The molecule has 2 heterocycles. The highest BCUT2D eigenvalue weighted by atomic mass is 32.2. The number of carbonyl (C=O) groups is 2. The van der Waals surface area contributed by atoms with Crippen molar-refractivity contribution in [2.75, 3.05) is 52.6 Å². The molecule has 2 aliphatic rings. The van der Waals surface area contributed by atoms with Gasteiger partial charge in [0.15, 0.2) is 0 Å². The fourth-order valence-electron chi connectivity index (χ4n) is 3.45. The van der Waals surface area contributed by atoms with Crippen LogP contribution < -0.4 is 5.32 Å². The lowest BCUT2D eigenvalue weighted by molar-refractivity contribution is -0.138. The molecule has 0 unspecified atom stereocenters. The molecule has 2 saturated heterocycles. The smallest absolute Gasteiger partial charge is 0.251 e. The standard InChI is InChI=1S/C20H29N3O6S/c1-15(2)18(20(25)22-6-10-28-11-7-22)21-19(24)16-4-3-5-17(14-16)30(26,27)23-8-12-29-13-9-23/h3-5,14-15,18H,6-13H2,1-2H3,(H,21,24)/t18-/m0/s1. The summed E-state index contributed by atoms with van der Waals surface area (Å²) in [6.07, 6.45) is 0. The Morgan fingerprint density at radius 2 is 1.60 bits per heavy atom. The Labute approximate surface area is 177 Å². The second-order valence-electron chi connectivity index (χ2n) is 7.68. The van der Waals surface area contributed by atoms with Gasteiger partial charge < -0.3 is 19.7 Å². The molecule has 2 fully saturated rings. The van der Waals surface area contributed by atoms with Gasteiger partial charge in [0.25, 0.3) is 5.91 Å². The van der Waals surface area contributed by atoms with E-state index in [2.05, 4.69) is 5.32 Å². The average Bonchev–Trinajstić information content (AvgIpc) is 2.78. The Balaban J connectivity index is 1.75. The van der Waals surface area contributed by atoms with Gasteiger partial charge >= 0.3 is 0 Å². The fraction of sp³-hybridized carbons (Fsp3) is 0.600. The molecule has 1 N–H and O–H groups in total. The van der Waals surface area contributed by atoms with E-state index in [1.807, 2.05) is 13.8 Å². The number of ether oxygens (including phenoxy) is 2. The first-order valence-electron chi connectivity index (χ1n) is 10.2. The lowest BCUT2D eigenvalue weighted by Gasteiger charge is -2.32. The molecule has 0 radical (unpaired) electrons. The summed E-state index contributed by atoms with van der Waals surface area (Å²) in [5.41, 5.74) is 0.199. The molecule has 166 valence electrons. The minimum Gasteiger partial charge on any atom is -0.379 e. The summed E-state index contributed by atoms with van der Waals surface area (Å²) in [6.45, 7) is 6.92. The highest BCUT2D eigenvalue weighted by Gasteiger charge is 2.31. The van der Waals surface area contributed by atoms with E-state index in [4.69, 9.17) is 9.47 Å². The van der Waals surface area contributed by atoms with Crippen molar-refractivity contribution in [3.05, 3.63) is 29.8 Å². The summed E-state index contributed by atoms with van der Waals surface area (Å²) < 4.78 is 37.6. The summed E-state index contributed by atoms with van der Waals surface area (Å²) in [7, 11) is -3.71. The molecule has 0 aromatic heterocycles. The van der Waals surface area contributed by atoms with Crippen molar-refractivity contribution in [3.8, 4) is 0 Å². The summed E-state index contributed by atoms with van der Waals surface area (Å²) in [4.78, 5) is 27.5. The molecular formula is C20H29N3O6S. The van der Waals surface area contributed by atoms with E-state index in [0.717, 1.165) is 0 Å². The van der Waals surface area contributed by atoms with Crippen molar-refractivity contribution in [3.63, 3.8) is 0 Å². The normalized spacial score (nSPS) is 19.5. The van der Waals surface area contributed by atoms with Gasteiger partial charge in [0.2, 0.25) is 15.9 Å². The van der Waals surface area contributed by atoms with Crippen LogP contribution in [0.3, 0.4) is 0 Å². The largest absolute Gasteiger partial charge is 0.379 e. The highest BCUT2D eigenvalue weighted by molar-refractivity contribution is 7.89. The number of nitrogens with one attached hydrogen (secondary N) is 1. The van der Waals surface area contributed by atoms with Crippen molar-refractivity contribution in [1.29, 1.82) is 0 Å². The van der Waals surface area contributed by atoms with Crippen molar-refractivity contribution in [2.45, 2.75) is 24.8 Å². The maximum absolute atomic E-state index is 12.9. The van der Waals surface area contributed by atoms with Crippen LogP contribution in [0, 0.1) is 5.92 Å². The molecule has 2 aliphatic heterocycles. The van der Waals surface area contributed by atoms with E-state index in [1.54, 1.807) is 11.0 Å². The maximum atomic E-state index is 12.9. The van der Waals surface area contributed by atoms with Gasteiger partial charge in [-0.25, -0.2) is 8.42 Å². The number of sulfonamides is 1. The summed E-state index contributed by atoms with van der Waals surface area (Å²) in [5, 5.41) is 2.79. The van der Waals surface area contributed by atoms with E-state index in [-0.39, 0.29) is 35.4 Å². The SMILES string of the molecule is CC(C)[C@H](NC(=O)c1cccc(S(=O)(=O)N2CCOCC2)c1)C(=O)N1CCOCC1. The van der Waals surface area contributed by atoms with Crippen LogP contribution in [0.15, 0.2) is 29.2 Å². The zero-order chi connectivity index (χ0) is 21.7. The number of benzene rings is 1. The summed E-state index contributed by atoms with van der Waals surface area (Å²) in [5.74, 6) is -0.752. The van der Waals surface area contributed by atoms with Crippen molar-refractivity contribution in [2.24, 2.45) is 5.92 Å². The van der Waals surface area contributed by atoms with Crippen LogP contribution >= 0.6 is 0 Å². The first kappa shape index (κ1) is 22.7. The summed E-state index contributed by atoms with van der Waals surface area (Å²) >= 11 is 0. The number of amides is 2. The molecule has 10 heteroatoms. The van der Waals surface area contributed by atoms with E-state index >= 15 is 0 Å². The molecule has 30 heavy (non-hydrogen) atoms. The molecule has 0 spiro atoms. The molecule has 0 aliphatic carbocycles. The highest BCUT2D eigenvalue weighted by Crippen LogP contribution is 2.19. The van der Waals surface area contributed by atoms with Gasteiger partial charge in [0, 0.05) is 31.7 Å². The number of hydrogen-bond acceptors (Lipinski definition) is 6. The van der Waals surface area contributed by atoms with Gasteiger partial charge in [-0.3, -0.25) is 9.59 Å². The lowest BCUT2D eigenvalue weighted by atomic mass is 10.0. The first-order valence-corrected chi connectivity index (χ1v) is 11.6. The van der Waals surface area contributed by atoms with Gasteiger partial charge in [0.05, 0.1) is 31.3 Å². The summed E-state index contributed by atoms with van der Waals surface area (Å²) in [6, 6.07) is 5.22. The zero-order valence-electron chi connectivity index (χ0n) is 17.4. The predicted molar refractivity (Wildman–Crippen MR) is 110 cm³/mol. The van der Waals surface area contributed by atoms with Crippen LogP contribution in [-0.4, -0.2) is 88.1 Å². The number of rotatable bonds is 6. The Hall–Kier alpha value is -2.01. The molecule has 0 saturated carbocycles. The van der Waals surface area contributed by atoms with Gasteiger partial charge in [-0.2, -0.15) is 4.31 Å². The molecule has 9 nitrogen and oxygen atoms in total. The van der Waals surface area contributed by atoms with Gasteiger partial charge in [0.1, 0.15) is 6.04 Å². The number of nitrogens with zero attached hydrogens (tertiary/aromatic N) is 2. The Morgan fingerprint density at radius 3 is 2.20 bits per heavy atom. The second kappa shape index (κ2) is 9.86. The quantitative estimate of drug-likeness (QED) is 0.685. The van der Waals surface area contributed by atoms with Crippen LogP contribution in [0.25, 0.3) is 0 Å². The van der Waals surface area contributed by atoms with Gasteiger partial charge in [-0.1, -0.05) is 19.9 Å². The van der Waals surface area contributed by atoms with E-state index in [9.17, 15) is 18.0 Å². The molecule has 1 aromatic carbocycles. The molecule has 0 bridgehead atoms. The number of morpholine rings is 2. The van der Waals surface area contributed by atoms with Crippen molar-refractivity contribution in [1.82, 2.24) is 14.5 Å². The second-order valence-corrected chi connectivity index (χ2v) is 9.62. The van der Waals surface area contributed by atoms with Crippen molar-refractivity contribution >= 4 is 21.8 Å².